The van der Waals surface area contributed by atoms with E-state index in [1.165, 1.54) is 31.4 Å². The zero-order chi connectivity index (χ0) is 12.3. The minimum absolute atomic E-state index is 0.915. The van der Waals surface area contributed by atoms with Crippen molar-refractivity contribution in [1.29, 1.82) is 0 Å². The first kappa shape index (κ1) is 12.9. The summed E-state index contributed by atoms with van der Waals surface area (Å²) in [7, 11) is 3.93. The Morgan fingerprint density at radius 2 is 2.18 bits per heavy atom. The van der Waals surface area contributed by atoms with Crippen LogP contribution in [-0.2, 0) is 6.54 Å². The zero-order valence-electron chi connectivity index (χ0n) is 10.6. The van der Waals surface area contributed by atoms with Gasteiger partial charge in [0, 0.05) is 23.1 Å². The van der Waals surface area contributed by atoms with Crippen LogP contribution in [0.5, 0.6) is 5.75 Å². The lowest BCUT2D eigenvalue weighted by Gasteiger charge is -2.30. The molecule has 2 nitrogen and oxygen atoms in total. The van der Waals surface area contributed by atoms with Gasteiger partial charge in [0.05, 0.1) is 7.11 Å². The molecule has 0 unspecified atom stereocenters. The van der Waals surface area contributed by atoms with Crippen molar-refractivity contribution in [3.8, 4) is 5.75 Å². The predicted molar refractivity (Wildman–Crippen MR) is 74.4 cm³/mol. The lowest BCUT2D eigenvalue weighted by Crippen LogP contribution is -2.29. The molecule has 0 heterocycles. The number of methoxy groups -OCH3 is 1. The van der Waals surface area contributed by atoms with Gasteiger partial charge < -0.3 is 9.64 Å². The lowest BCUT2D eigenvalue weighted by molar-refractivity contribution is 0.199. The van der Waals surface area contributed by atoms with Crippen LogP contribution in [0.1, 0.15) is 24.8 Å². The van der Waals surface area contributed by atoms with Crippen molar-refractivity contribution in [3.05, 3.63) is 28.2 Å². The summed E-state index contributed by atoms with van der Waals surface area (Å²) < 4.78 is 6.52. The van der Waals surface area contributed by atoms with Crippen LogP contribution in [0.3, 0.4) is 0 Å². The molecular weight excluding hydrogens is 278 g/mol. The van der Waals surface area contributed by atoms with Crippen molar-refractivity contribution in [3.63, 3.8) is 0 Å². The average Bonchev–Trinajstić information content (AvgIpc) is 2.24. The molecule has 1 aliphatic carbocycles. The molecule has 0 spiro atoms. The molecule has 0 aliphatic heterocycles. The third-order valence-electron chi connectivity index (χ3n) is 3.48. The largest absolute Gasteiger partial charge is 0.496 e. The molecular formula is C14H20BrNO. The van der Waals surface area contributed by atoms with Crippen LogP contribution in [0.2, 0.25) is 0 Å². The molecule has 0 bridgehead atoms. The molecule has 94 valence electrons. The average molecular weight is 298 g/mol. The Bertz CT molecular complexity index is 376. The summed E-state index contributed by atoms with van der Waals surface area (Å²) in [6, 6.07) is 6.20. The van der Waals surface area contributed by atoms with E-state index in [-0.39, 0.29) is 0 Å². The van der Waals surface area contributed by atoms with Crippen molar-refractivity contribution in [2.24, 2.45) is 5.92 Å². The van der Waals surface area contributed by atoms with Crippen molar-refractivity contribution in [2.75, 3.05) is 20.7 Å². The Morgan fingerprint density at radius 3 is 2.76 bits per heavy atom. The van der Waals surface area contributed by atoms with Crippen molar-refractivity contribution < 1.29 is 4.74 Å². The van der Waals surface area contributed by atoms with E-state index in [1.807, 2.05) is 12.1 Å². The fraction of sp³-hybridized carbons (Fsp3) is 0.571. The Labute approximate surface area is 112 Å². The first-order chi connectivity index (χ1) is 8.19. The molecule has 0 N–H and O–H groups in total. The first-order valence-electron chi connectivity index (χ1n) is 6.20. The fourth-order valence-corrected chi connectivity index (χ4v) is 2.75. The van der Waals surface area contributed by atoms with Gasteiger partial charge in [0.15, 0.2) is 0 Å². The highest BCUT2D eigenvalue weighted by molar-refractivity contribution is 9.10. The maximum Gasteiger partial charge on any atom is 0.123 e. The van der Waals surface area contributed by atoms with E-state index >= 15 is 0 Å². The van der Waals surface area contributed by atoms with Crippen LogP contribution in [0.25, 0.3) is 0 Å². The van der Waals surface area contributed by atoms with E-state index in [0.29, 0.717) is 0 Å². The molecule has 1 aromatic rings. The van der Waals surface area contributed by atoms with Crippen LogP contribution in [0.15, 0.2) is 22.7 Å². The van der Waals surface area contributed by atoms with Gasteiger partial charge in [-0.15, -0.1) is 0 Å². The van der Waals surface area contributed by atoms with Gasteiger partial charge >= 0.3 is 0 Å². The number of nitrogens with zero attached hydrogens (tertiary/aromatic N) is 1. The van der Waals surface area contributed by atoms with Crippen molar-refractivity contribution >= 4 is 15.9 Å². The second-order valence-electron chi connectivity index (χ2n) is 4.95. The van der Waals surface area contributed by atoms with E-state index < -0.39 is 0 Å². The summed E-state index contributed by atoms with van der Waals surface area (Å²) in [5.41, 5.74) is 1.25. The summed E-state index contributed by atoms with van der Waals surface area (Å²) in [6.45, 7) is 2.16. The van der Waals surface area contributed by atoms with E-state index in [1.54, 1.807) is 7.11 Å². The van der Waals surface area contributed by atoms with Gasteiger partial charge in [-0.25, -0.2) is 0 Å². The van der Waals surface area contributed by atoms with Crippen LogP contribution in [0.4, 0.5) is 0 Å². The summed E-state index contributed by atoms with van der Waals surface area (Å²) in [6.07, 6.45) is 4.22. The number of hydrogen-bond acceptors (Lipinski definition) is 2. The normalized spacial score (nSPS) is 16.0. The van der Waals surface area contributed by atoms with Gasteiger partial charge in [-0.3, -0.25) is 0 Å². The molecule has 0 atom stereocenters. The molecule has 1 saturated carbocycles. The molecule has 0 amide bonds. The summed E-state index contributed by atoms with van der Waals surface area (Å²) >= 11 is 3.52. The van der Waals surface area contributed by atoms with Crippen molar-refractivity contribution in [2.45, 2.75) is 25.8 Å². The van der Waals surface area contributed by atoms with Crippen LogP contribution in [-0.4, -0.2) is 25.6 Å². The summed E-state index contributed by atoms with van der Waals surface area (Å²) in [4.78, 5) is 2.40. The van der Waals surface area contributed by atoms with Crippen molar-refractivity contribution in [1.82, 2.24) is 4.90 Å². The van der Waals surface area contributed by atoms with Gasteiger partial charge in [-0.2, -0.15) is 0 Å². The monoisotopic (exact) mass is 297 g/mol. The topological polar surface area (TPSA) is 12.5 Å². The first-order valence-corrected chi connectivity index (χ1v) is 6.99. The number of ether oxygens (including phenoxy) is 1. The van der Waals surface area contributed by atoms with Gasteiger partial charge in [-0.05, 0) is 44.0 Å². The van der Waals surface area contributed by atoms with Gasteiger partial charge in [0.2, 0.25) is 0 Å². The van der Waals surface area contributed by atoms with E-state index in [4.69, 9.17) is 4.74 Å². The van der Waals surface area contributed by atoms with E-state index in [0.717, 1.165) is 22.7 Å². The number of benzene rings is 1. The van der Waals surface area contributed by atoms with E-state index in [9.17, 15) is 0 Å². The molecule has 0 saturated heterocycles. The summed E-state index contributed by atoms with van der Waals surface area (Å²) in [5.74, 6) is 1.90. The Balaban J connectivity index is 1.98. The van der Waals surface area contributed by atoms with Gasteiger partial charge in [-0.1, -0.05) is 22.4 Å². The highest BCUT2D eigenvalue weighted by Gasteiger charge is 2.19. The van der Waals surface area contributed by atoms with E-state index in [2.05, 4.69) is 33.9 Å². The molecule has 1 aromatic carbocycles. The number of rotatable bonds is 5. The summed E-state index contributed by atoms with van der Waals surface area (Å²) in [5, 5.41) is 0. The number of hydrogen-bond donors (Lipinski definition) is 0. The van der Waals surface area contributed by atoms with Crippen LogP contribution >= 0.6 is 15.9 Å². The molecule has 17 heavy (non-hydrogen) atoms. The quantitative estimate of drug-likeness (QED) is 0.822. The smallest absolute Gasteiger partial charge is 0.123 e. The Morgan fingerprint density at radius 1 is 1.41 bits per heavy atom. The zero-order valence-corrected chi connectivity index (χ0v) is 12.2. The standard InChI is InChI=1S/C14H20BrNO/c1-16(9-11-4-3-5-11)10-12-8-13(15)6-7-14(12)17-2/h6-8,11H,3-5,9-10H2,1-2H3. The Kier molecular flexibility index (Phi) is 4.46. The maximum absolute atomic E-state index is 5.40. The SMILES string of the molecule is COc1ccc(Br)cc1CN(C)CC1CCC1. The number of halogens is 1. The molecule has 1 fully saturated rings. The molecule has 3 heteroatoms. The Hall–Kier alpha value is -0.540. The third kappa shape index (κ3) is 3.46. The second-order valence-corrected chi connectivity index (χ2v) is 5.87. The maximum atomic E-state index is 5.40. The molecule has 2 rings (SSSR count). The van der Waals surface area contributed by atoms with Gasteiger partial charge in [0.25, 0.3) is 0 Å². The second kappa shape index (κ2) is 5.87. The molecule has 0 radical (unpaired) electrons. The molecule has 1 aliphatic rings. The molecule has 0 aromatic heterocycles. The van der Waals surface area contributed by atoms with Crippen LogP contribution < -0.4 is 4.74 Å². The highest BCUT2D eigenvalue weighted by atomic mass is 79.9. The minimum Gasteiger partial charge on any atom is -0.496 e. The lowest BCUT2D eigenvalue weighted by atomic mass is 9.85. The predicted octanol–water partition coefficient (Wildman–Crippen LogP) is 3.69. The van der Waals surface area contributed by atoms with Gasteiger partial charge in [0.1, 0.15) is 5.75 Å². The highest BCUT2D eigenvalue weighted by Crippen LogP contribution is 2.28. The fourth-order valence-electron chi connectivity index (χ4n) is 2.34. The van der Waals surface area contributed by atoms with Crippen LogP contribution in [0, 0.1) is 5.92 Å². The minimum atomic E-state index is 0.915. The third-order valence-corrected chi connectivity index (χ3v) is 3.97.